The van der Waals surface area contributed by atoms with Crippen molar-refractivity contribution in [2.24, 2.45) is 0 Å². The van der Waals surface area contributed by atoms with Crippen molar-refractivity contribution >= 4 is 59.6 Å². The molecule has 0 aliphatic carbocycles. The number of nitrogens with one attached hydrogen (secondary N) is 3. The van der Waals surface area contributed by atoms with Crippen molar-refractivity contribution < 1.29 is 94.8 Å². The predicted octanol–water partition coefficient (Wildman–Crippen LogP) is 2.36. The topological polar surface area (TPSA) is 370 Å². The van der Waals surface area contributed by atoms with E-state index in [9.17, 15) is 4.79 Å². The highest BCUT2D eigenvalue weighted by Crippen LogP contribution is 2.23. The van der Waals surface area contributed by atoms with E-state index >= 15 is 0 Å². The molecule has 0 saturated heterocycles. The molecule has 3 aromatic rings. The lowest BCUT2D eigenvalue weighted by Gasteiger charge is -2.28. The van der Waals surface area contributed by atoms with Gasteiger partial charge in [-0.2, -0.15) is 44.9 Å². The minimum absolute atomic E-state index is 0.204. The summed E-state index contributed by atoms with van der Waals surface area (Å²) < 4.78 is 100. The van der Waals surface area contributed by atoms with Gasteiger partial charge in [0.15, 0.2) is 0 Å². The maximum absolute atomic E-state index is 10.6. The molecule has 0 fully saturated rings. The minimum Gasteiger partial charge on any atom is -0.364 e. The molecule has 0 unspecified atom stereocenters. The molecule has 3 N–H and O–H groups in total. The molecule has 40 nitrogen and oxygen atoms in total. The highest BCUT2D eigenvalue weighted by molar-refractivity contribution is 5.73. The number of anilines is 9. The average Bonchev–Trinajstić information content (AvgIpc) is 0.844. The lowest BCUT2D eigenvalue weighted by Crippen LogP contribution is -2.37. The third kappa shape index (κ3) is 39.2. The normalized spacial score (nSPS) is 10.7. The number of nitrogens with zero attached hydrogens (tertiary/aromatic N) is 17. The molecular weight excluding hydrogens is 1270 g/mol. The highest BCUT2D eigenvalue weighted by Gasteiger charge is 2.24. The molecular formula is C56H114N20O20. The van der Waals surface area contributed by atoms with Crippen LogP contribution in [0.3, 0.4) is 0 Å². The number of methoxy groups -OCH3 is 13. The zero-order chi connectivity index (χ0) is 71.4. The molecule has 40 heteroatoms. The van der Waals surface area contributed by atoms with Crippen molar-refractivity contribution in [2.75, 3.05) is 304 Å². The number of hydrogen-bond acceptors (Lipinski definition) is 38. The first kappa shape index (κ1) is 89.7. The van der Waals surface area contributed by atoms with Gasteiger partial charge in [0, 0.05) is 132 Å². The fourth-order valence-electron chi connectivity index (χ4n) is 6.95. The van der Waals surface area contributed by atoms with Crippen LogP contribution in [-0.2, 0) is 90.0 Å². The average molecular weight is 1390 g/mol. The molecule has 0 aliphatic heterocycles. The summed E-state index contributed by atoms with van der Waals surface area (Å²) in [5.74, 6) is 3.49. The second-order valence-corrected chi connectivity index (χ2v) is 18.9. The molecule has 2 amide bonds. The molecule has 0 bridgehead atoms. The molecule has 0 saturated carbocycles. The van der Waals surface area contributed by atoms with Crippen LogP contribution in [0.5, 0.6) is 0 Å². The standard InChI is InChI=1S/C23H46N6O6.C15H30N6O6.C13H26N6O5.C5H12N2O3/c1-7-13-34-19-29(20-35-14-8-2)23-25-21(27(15-30-9-3)16-31-10-4)24-22(26-23)28(17-32-11-5)18-33-12-6;1-22-7-19(8-23-2)13-16-14(20(9-24-3)10-25-4)18-15(17-13)21(11-26-5)12-27-6;1-20-6-14-11-15-12(18(7-21-2)8-22-3)17-13(16-11)19(9-23-4)10-24-5;1-9-3-6-5(8)7-4-10-2/h7-20H2,1-6H3;7-12H2,1-6H3;6-10H2,1-5H3,(H,14,15,16,17);3-4H2,1-2H3,(H2,6,7,8). The molecule has 0 aliphatic rings. The maximum atomic E-state index is 10.6. The summed E-state index contributed by atoms with van der Waals surface area (Å²) in [6, 6.07) is -0.302. The summed E-state index contributed by atoms with van der Waals surface area (Å²) >= 11 is 0. The number of amides is 2. The van der Waals surface area contributed by atoms with Crippen LogP contribution >= 0.6 is 0 Å². The predicted molar refractivity (Wildman–Crippen MR) is 357 cm³/mol. The molecule has 0 atom stereocenters. The molecule has 3 heterocycles. The summed E-state index contributed by atoms with van der Waals surface area (Å²) in [4.78, 5) is 65.5. The number of carbonyl (C=O) groups excluding carboxylic acids is 1. The van der Waals surface area contributed by atoms with E-state index in [0.29, 0.717) is 93.2 Å². The van der Waals surface area contributed by atoms with E-state index in [1.807, 2.05) is 42.4 Å². The number of carbonyl (C=O) groups is 1. The Bertz CT molecular complexity index is 2080. The Labute approximate surface area is 567 Å². The van der Waals surface area contributed by atoms with Gasteiger partial charge in [-0.15, -0.1) is 0 Å². The monoisotopic (exact) mass is 1390 g/mol. The van der Waals surface area contributed by atoms with Gasteiger partial charge in [-0.25, -0.2) is 4.79 Å². The van der Waals surface area contributed by atoms with Crippen LogP contribution in [0.2, 0.25) is 0 Å². The van der Waals surface area contributed by atoms with Gasteiger partial charge < -0.3 is 106 Å². The van der Waals surface area contributed by atoms with Gasteiger partial charge in [-0.05, 0) is 40.5 Å². The van der Waals surface area contributed by atoms with Crippen molar-refractivity contribution in [3.05, 3.63) is 0 Å². The van der Waals surface area contributed by atoms with Crippen LogP contribution in [0.25, 0.3) is 0 Å². The third-order valence-corrected chi connectivity index (χ3v) is 11.0. The van der Waals surface area contributed by atoms with Crippen molar-refractivity contribution in [3.8, 4) is 0 Å². The van der Waals surface area contributed by atoms with Crippen molar-refractivity contribution in [2.45, 2.75) is 54.4 Å². The molecule has 0 radical (unpaired) electrons. The summed E-state index contributed by atoms with van der Waals surface area (Å²) in [5, 5.41) is 7.78. The Kier molecular flexibility index (Phi) is 57.1. The number of aromatic nitrogens is 9. The summed E-state index contributed by atoms with van der Waals surface area (Å²) in [6.07, 6.45) is 1.81. The summed E-state index contributed by atoms with van der Waals surface area (Å²) in [6.45, 7) is 20.1. The quantitative estimate of drug-likeness (QED) is 0.0539. The maximum Gasteiger partial charge on any atom is 0.318 e. The van der Waals surface area contributed by atoms with Crippen molar-refractivity contribution in [1.82, 2.24) is 55.5 Å². The first-order valence-corrected chi connectivity index (χ1v) is 30.7. The van der Waals surface area contributed by atoms with Gasteiger partial charge >= 0.3 is 6.03 Å². The van der Waals surface area contributed by atoms with E-state index in [1.165, 1.54) is 14.2 Å². The van der Waals surface area contributed by atoms with E-state index in [4.69, 9.17) is 95.5 Å². The van der Waals surface area contributed by atoms with Gasteiger partial charge in [0.2, 0.25) is 53.5 Å². The minimum atomic E-state index is -0.302. The van der Waals surface area contributed by atoms with Crippen molar-refractivity contribution in [3.63, 3.8) is 0 Å². The Morgan fingerprint density at radius 1 is 0.271 bits per heavy atom. The van der Waals surface area contributed by atoms with Gasteiger partial charge in [-0.1, -0.05) is 13.8 Å². The van der Waals surface area contributed by atoms with E-state index in [-0.39, 0.29) is 134 Å². The van der Waals surface area contributed by atoms with Crippen LogP contribution in [0.15, 0.2) is 0 Å². The van der Waals surface area contributed by atoms with Gasteiger partial charge in [0.05, 0.1) is 0 Å². The van der Waals surface area contributed by atoms with Crippen molar-refractivity contribution in [1.29, 1.82) is 0 Å². The molecule has 3 rings (SSSR count). The number of hydrogen-bond donors (Lipinski definition) is 3. The van der Waals surface area contributed by atoms with E-state index in [2.05, 4.69) is 69.2 Å². The van der Waals surface area contributed by atoms with Crippen LogP contribution < -0.4 is 55.1 Å². The number of ether oxygens (including phenoxy) is 19. The number of urea groups is 1. The van der Waals surface area contributed by atoms with Crippen LogP contribution in [0.1, 0.15) is 54.4 Å². The fraction of sp³-hybridized carbons (Fsp3) is 0.821. The van der Waals surface area contributed by atoms with Gasteiger partial charge in [0.1, 0.15) is 128 Å². The molecule has 0 spiro atoms. The summed E-state index contributed by atoms with van der Waals surface area (Å²) in [7, 11) is 20.4. The fourth-order valence-corrected chi connectivity index (χ4v) is 6.95. The Morgan fingerprint density at radius 2 is 0.469 bits per heavy atom. The van der Waals surface area contributed by atoms with E-state index < -0.39 is 0 Å². The first-order chi connectivity index (χ1) is 46.8. The zero-order valence-electron chi connectivity index (χ0n) is 60.4. The number of rotatable bonds is 55. The molecule has 96 heavy (non-hydrogen) atoms. The third-order valence-electron chi connectivity index (χ3n) is 11.0. The first-order valence-electron chi connectivity index (χ1n) is 30.7. The van der Waals surface area contributed by atoms with E-state index in [0.717, 1.165) is 12.8 Å². The molecule has 3 aromatic heterocycles. The van der Waals surface area contributed by atoms with Gasteiger partial charge in [-0.3, -0.25) is 39.2 Å². The SMILES string of the molecule is CCCOCN(COCCC)c1nc(N(COCC)COCC)nc(N(COCC)COCC)n1.COCN(COC)c1nc(N(COC)COC)nc(N(COC)COC)n1.COCNC(=O)NCOC.COCNc1nc(N(COC)COC)nc(N(COC)COC)n1. The van der Waals surface area contributed by atoms with Crippen LogP contribution in [-0.4, -0.2) is 311 Å². The largest absolute Gasteiger partial charge is 0.364 e. The second-order valence-electron chi connectivity index (χ2n) is 18.9. The Balaban J connectivity index is 0.00000133. The van der Waals surface area contributed by atoms with Gasteiger partial charge in [0.25, 0.3) is 0 Å². The highest BCUT2D eigenvalue weighted by atomic mass is 16.5. The molecule has 0 aromatic carbocycles. The molecule has 558 valence electrons. The van der Waals surface area contributed by atoms with Crippen LogP contribution in [0.4, 0.5) is 58.3 Å². The lowest BCUT2D eigenvalue weighted by molar-refractivity contribution is 0.0833. The summed E-state index contributed by atoms with van der Waals surface area (Å²) in [5.41, 5.74) is 0. The van der Waals surface area contributed by atoms with Crippen LogP contribution in [0, 0.1) is 0 Å². The smallest absolute Gasteiger partial charge is 0.318 e. The Morgan fingerprint density at radius 3 is 0.656 bits per heavy atom. The van der Waals surface area contributed by atoms with E-state index in [1.54, 1.807) is 103 Å². The lowest BCUT2D eigenvalue weighted by atomic mass is 10.5. The second kappa shape index (κ2) is 61.1. The zero-order valence-corrected chi connectivity index (χ0v) is 60.4. The Hall–Kier alpha value is -6.26.